The Morgan fingerprint density at radius 2 is 0.964 bits per heavy atom. The molecule has 0 spiro atoms. The molecule has 0 radical (unpaired) electrons. The highest BCUT2D eigenvalue weighted by atomic mass is 15.0. The molecule has 2 aliphatic carbocycles. The van der Waals surface area contributed by atoms with Gasteiger partial charge in [-0.05, 0) is 131 Å². The number of allylic oxidation sites excluding steroid dienone is 4. The SMILES string of the molecule is C1=CCNC(C2C=CC=C(c3cccc(-c4cc(-c5ccc6c7c(cccc57)-c5ccccc5-6)cc(-c5ccc6c7c(cccc57)-c5ccccc5-6)c4)n3)N2)=C1. The number of rotatable bonds is 5. The lowest BCUT2D eigenvalue weighted by Gasteiger charge is -2.26. The molecule has 262 valence electrons. The number of benzene rings is 7. The van der Waals surface area contributed by atoms with Crippen molar-refractivity contribution in [3.63, 3.8) is 0 Å². The number of nitrogens with zero attached hydrogens (tertiary/aromatic N) is 1. The maximum atomic E-state index is 5.35. The van der Waals surface area contributed by atoms with E-state index in [2.05, 4.69) is 193 Å². The average molecular weight is 714 g/mol. The predicted octanol–water partition coefficient (Wildman–Crippen LogP) is 12.6. The van der Waals surface area contributed by atoms with Crippen molar-refractivity contribution in [2.45, 2.75) is 6.04 Å². The van der Waals surface area contributed by atoms with Crippen molar-refractivity contribution in [2.24, 2.45) is 0 Å². The highest BCUT2D eigenvalue weighted by Gasteiger charge is 2.25. The Morgan fingerprint density at radius 1 is 0.446 bits per heavy atom. The largest absolute Gasteiger partial charge is 0.383 e. The quantitative estimate of drug-likeness (QED) is 0.186. The van der Waals surface area contributed by atoms with Crippen molar-refractivity contribution in [2.75, 3.05) is 6.54 Å². The lowest BCUT2D eigenvalue weighted by atomic mass is 9.88. The fourth-order valence-corrected chi connectivity index (χ4v) is 9.51. The molecule has 1 unspecified atom stereocenters. The monoisotopic (exact) mass is 713 g/mol. The molecule has 7 aromatic carbocycles. The Bertz CT molecular complexity index is 2910. The second kappa shape index (κ2) is 12.1. The normalized spacial score (nSPS) is 15.6. The Hall–Kier alpha value is -7.23. The van der Waals surface area contributed by atoms with Crippen molar-refractivity contribution in [3.8, 4) is 78.0 Å². The van der Waals surface area contributed by atoms with Gasteiger partial charge in [0.2, 0.25) is 0 Å². The zero-order chi connectivity index (χ0) is 36.7. The molecule has 3 heterocycles. The van der Waals surface area contributed by atoms with E-state index in [9.17, 15) is 0 Å². The van der Waals surface area contributed by atoms with Crippen LogP contribution in [0.4, 0.5) is 0 Å². The first-order valence-electron chi connectivity index (χ1n) is 19.5. The first-order chi connectivity index (χ1) is 27.8. The van der Waals surface area contributed by atoms with Gasteiger partial charge >= 0.3 is 0 Å². The summed E-state index contributed by atoms with van der Waals surface area (Å²) in [5, 5.41) is 12.4. The molecule has 3 heteroatoms. The third-order valence-electron chi connectivity index (χ3n) is 12.0. The molecule has 1 aromatic heterocycles. The van der Waals surface area contributed by atoms with Gasteiger partial charge in [-0.3, -0.25) is 0 Å². The minimum atomic E-state index is 0.0604. The third-order valence-corrected chi connectivity index (χ3v) is 12.0. The topological polar surface area (TPSA) is 37.0 Å². The summed E-state index contributed by atoms with van der Waals surface area (Å²) in [6.45, 7) is 0.835. The van der Waals surface area contributed by atoms with Gasteiger partial charge in [0.15, 0.2) is 0 Å². The number of pyridine rings is 1. The van der Waals surface area contributed by atoms with Crippen molar-refractivity contribution >= 4 is 27.2 Å². The van der Waals surface area contributed by atoms with Crippen LogP contribution in [-0.4, -0.2) is 17.6 Å². The first kappa shape index (κ1) is 31.2. The maximum absolute atomic E-state index is 5.35. The van der Waals surface area contributed by atoms with E-state index >= 15 is 0 Å². The van der Waals surface area contributed by atoms with Crippen LogP contribution in [0.25, 0.3) is 105 Å². The van der Waals surface area contributed by atoms with Crippen molar-refractivity contribution in [3.05, 3.63) is 193 Å². The van der Waals surface area contributed by atoms with Gasteiger partial charge in [-0.1, -0.05) is 140 Å². The molecule has 8 aromatic rings. The molecule has 0 bridgehead atoms. The fourth-order valence-electron chi connectivity index (χ4n) is 9.51. The molecule has 0 fully saturated rings. The number of nitrogens with one attached hydrogen (secondary N) is 2. The van der Waals surface area contributed by atoms with Gasteiger partial charge in [-0.25, -0.2) is 4.98 Å². The predicted molar refractivity (Wildman–Crippen MR) is 234 cm³/mol. The summed E-state index contributed by atoms with van der Waals surface area (Å²) in [4.78, 5) is 5.35. The molecule has 56 heavy (non-hydrogen) atoms. The zero-order valence-corrected chi connectivity index (χ0v) is 30.6. The van der Waals surface area contributed by atoms with Crippen LogP contribution in [-0.2, 0) is 0 Å². The molecule has 0 saturated carbocycles. The first-order valence-corrected chi connectivity index (χ1v) is 19.5. The standard InChI is InChI=1S/C53H35N3/c1-3-13-39-37(11-1)43-17-7-15-41-35(24-26-45(39)52(41)43)32-29-33(36-25-27-46-40-14-4-2-12-38(40)44-18-8-16-42(36)53(44)46)31-34(30-32)47-20-9-22-50(55-47)51-23-10-21-49(56-51)48-19-5-6-28-54-48/h1-27,29-31,49,54,56H,28H2. The summed E-state index contributed by atoms with van der Waals surface area (Å²) in [6, 6.07) is 54.0. The van der Waals surface area contributed by atoms with Crippen LogP contribution in [0.15, 0.2) is 188 Å². The Kier molecular flexibility index (Phi) is 6.75. The minimum absolute atomic E-state index is 0.0604. The van der Waals surface area contributed by atoms with Gasteiger partial charge in [-0.15, -0.1) is 0 Å². The van der Waals surface area contributed by atoms with Gasteiger partial charge in [0.05, 0.1) is 23.1 Å². The Morgan fingerprint density at radius 3 is 1.55 bits per heavy atom. The summed E-state index contributed by atoms with van der Waals surface area (Å²) in [7, 11) is 0. The summed E-state index contributed by atoms with van der Waals surface area (Å²) < 4.78 is 0. The molecule has 0 amide bonds. The van der Waals surface area contributed by atoms with Crippen molar-refractivity contribution in [1.29, 1.82) is 0 Å². The van der Waals surface area contributed by atoms with Crippen LogP contribution in [0.5, 0.6) is 0 Å². The molecular formula is C53H35N3. The molecule has 2 aliphatic heterocycles. The molecular weight excluding hydrogens is 679 g/mol. The van der Waals surface area contributed by atoms with Gasteiger partial charge in [0.25, 0.3) is 0 Å². The van der Waals surface area contributed by atoms with Crippen LogP contribution in [0.2, 0.25) is 0 Å². The highest BCUT2D eigenvalue weighted by molar-refractivity contribution is 6.20. The van der Waals surface area contributed by atoms with E-state index in [1.807, 2.05) is 0 Å². The molecule has 4 aliphatic rings. The van der Waals surface area contributed by atoms with E-state index < -0.39 is 0 Å². The molecule has 3 nitrogen and oxygen atoms in total. The summed E-state index contributed by atoms with van der Waals surface area (Å²) in [6.07, 6.45) is 12.8. The lowest BCUT2D eigenvalue weighted by molar-refractivity contribution is 0.712. The van der Waals surface area contributed by atoms with Crippen LogP contribution < -0.4 is 10.6 Å². The van der Waals surface area contributed by atoms with Crippen molar-refractivity contribution in [1.82, 2.24) is 15.6 Å². The van der Waals surface area contributed by atoms with Gasteiger partial charge < -0.3 is 10.6 Å². The van der Waals surface area contributed by atoms with Crippen LogP contribution in [0.1, 0.15) is 5.69 Å². The van der Waals surface area contributed by atoms with E-state index in [1.165, 1.54) is 88.3 Å². The van der Waals surface area contributed by atoms with E-state index in [1.54, 1.807) is 0 Å². The van der Waals surface area contributed by atoms with Crippen molar-refractivity contribution < 1.29 is 0 Å². The lowest BCUT2D eigenvalue weighted by Crippen LogP contribution is -2.36. The Balaban J connectivity index is 1.05. The number of aromatic nitrogens is 1. The van der Waals surface area contributed by atoms with Gasteiger partial charge in [0, 0.05) is 17.8 Å². The van der Waals surface area contributed by atoms with Crippen LogP contribution >= 0.6 is 0 Å². The highest BCUT2D eigenvalue weighted by Crippen LogP contribution is 2.51. The molecule has 1 atom stereocenters. The Labute approximate surface area is 325 Å². The minimum Gasteiger partial charge on any atom is -0.383 e. The van der Waals surface area contributed by atoms with Gasteiger partial charge in [-0.2, -0.15) is 0 Å². The summed E-state index contributed by atoms with van der Waals surface area (Å²) in [5.41, 5.74) is 20.4. The average Bonchev–Trinajstić information content (AvgIpc) is 3.78. The summed E-state index contributed by atoms with van der Waals surface area (Å²) in [5.74, 6) is 0. The van der Waals surface area contributed by atoms with E-state index in [0.29, 0.717) is 0 Å². The van der Waals surface area contributed by atoms with Gasteiger partial charge in [0.1, 0.15) is 0 Å². The number of hydrogen-bond donors (Lipinski definition) is 2. The summed E-state index contributed by atoms with van der Waals surface area (Å²) >= 11 is 0. The number of dihydropyridines is 2. The molecule has 0 saturated heterocycles. The second-order valence-corrected chi connectivity index (χ2v) is 15.1. The number of fused-ring (bicyclic) bond motifs is 6. The molecule has 2 N–H and O–H groups in total. The van der Waals surface area contributed by atoms with Crippen LogP contribution in [0, 0.1) is 0 Å². The maximum Gasteiger partial charge on any atom is 0.0868 e. The number of hydrogen-bond acceptors (Lipinski definition) is 3. The second-order valence-electron chi connectivity index (χ2n) is 15.1. The third kappa shape index (κ3) is 4.67. The zero-order valence-electron chi connectivity index (χ0n) is 30.6. The molecule has 12 rings (SSSR count). The van der Waals surface area contributed by atoms with Crippen LogP contribution in [0.3, 0.4) is 0 Å². The van der Waals surface area contributed by atoms with E-state index in [4.69, 9.17) is 4.98 Å². The van der Waals surface area contributed by atoms with E-state index in [0.717, 1.165) is 34.9 Å². The fraction of sp³-hybridized carbons (Fsp3) is 0.0377. The smallest absolute Gasteiger partial charge is 0.0868 e. The van der Waals surface area contributed by atoms with E-state index in [-0.39, 0.29) is 6.04 Å².